The van der Waals surface area contributed by atoms with Crippen molar-refractivity contribution in [3.63, 3.8) is 0 Å². The zero-order chi connectivity index (χ0) is 8.55. The van der Waals surface area contributed by atoms with Gasteiger partial charge in [0.25, 0.3) is 0 Å². The van der Waals surface area contributed by atoms with Gasteiger partial charge in [0.15, 0.2) is 0 Å². The minimum Gasteiger partial charge on any atom is -0.374 e. The molecule has 0 fully saturated rings. The summed E-state index contributed by atoms with van der Waals surface area (Å²) in [6.07, 6.45) is 0.244. The Balaban J connectivity index is 2.34. The zero-order valence-electron chi connectivity index (χ0n) is 7.33. The standard InChI is InChI=1S/C9H13NOS/c1-6-8(11-2)9-7(5-10-6)3-4-12-9/h3-4,6,8,10H,5H2,1-2H3. The maximum absolute atomic E-state index is 5.44. The maximum atomic E-state index is 5.44. The number of thiophene rings is 1. The van der Waals surface area contributed by atoms with Crippen molar-refractivity contribution in [1.29, 1.82) is 0 Å². The second kappa shape index (κ2) is 3.17. The third-order valence-electron chi connectivity index (χ3n) is 2.36. The van der Waals surface area contributed by atoms with Crippen LogP contribution in [0.15, 0.2) is 11.4 Å². The second-order valence-electron chi connectivity index (χ2n) is 3.14. The van der Waals surface area contributed by atoms with E-state index in [9.17, 15) is 0 Å². The van der Waals surface area contributed by atoms with Crippen LogP contribution >= 0.6 is 11.3 Å². The van der Waals surface area contributed by atoms with E-state index >= 15 is 0 Å². The van der Waals surface area contributed by atoms with Gasteiger partial charge in [-0.3, -0.25) is 0 Å². The van der Waals surface area contributed by atoms with Crippen molar-refractivity contribution in [2.24, 2.45) is 0 Å². The average Bonchev–Trinajstić information content (AvgIpc) is 2.52. The van der Waals surface area contributed by atoms with Crippen LogP contribution in [-0.2, 0) is 11.3 Å². The molecule has 1 aromatic heterocycles. The van der Waals surface area contributed by atoms with Crippen molar-refractivity contribution in [1.82, 2.24) is 5.32 Å². The van der Waals surface area contributed by atoms with Crippen molar-refractivity contribution in [3.8, 4) is 0 Å². The van der Waals surface area contributed by atoms with Gasteiger partial charge in [0.05, 0.1) is 0 Å². The molecule has 0 amide bonds. The summed E-state index contributed by atoms with van der Waals surface area (Å²) >= 11 is 1.80. The van der Waals surface area contributed by atoms with Crippen LogP contribution in [0.2, 0.25) is 0 Å². The SMILES string of the molecule is COC1c2sccc2CNC1C. The summed E-state index contributed by atoms with van der Waals surface area (Å²) in [7, 11) is 1.78. The Morgan fingerprint density at radius 3 is 3.25 bits per heavy atom. The van der Waals surface area contributed by atoms with E-state index < -0.39 is 0 Å². The molecule has 1 aliphatic heterocycles. The third kappa shape index (κ3) is 1.18. The van der Waals surface area contributed by atoms with Gasteiger partial charge in [0, 0.05) is 24.6 Å². The minimum atomic E-state index is 0.244. The fraction of sp³-hybridized carbons (Fsp3) is 0.556. The lowest BCUT2D eigenvalue weighted by Gasteiger charge is -2.28. The molecule has 12 heavy (non-hydrogen) atoms. The van der Waals surface area contributed by atoms with Crippen molar-refractivity contribution < 1.29 is 4.74 Å². The Morgan fingerprint density at radius 2 is 2.50 bits per heavy atom. The van der Waals surface area contributed by atoms with Crippen molar-refractivity contribution in [3.05, 3.63) is 21.9 Å². The Bertz CT molecular complexity index is 271. The molecule has 0 bridgehead atoms. The topological polar surface area (TPSA) is 21.3 Å². The molecule has 1 aliphatic rings. The van der Waals surface area contributed by atoms with E-state index in [2.05, 4.69) is 23.7 Å². The molecule has 0 aliphatic carbocycles. The number of rotatable bonds is 1. The van der Waals surface area contributed by atoms with E-state index in [0.717, 1.165) is 6.54 Å². The Hall–Kier alpha value is -0.380. The van der Waals surface area contributed by atoms with Crippen LogP contribution in [0, 0.1) is 0 Å². The van der Waals surface area contributed by atoms with Crippen molar-refractivity contribution in [2.75, 3.05) is 7.11 Å². The Kier molecular flexibility index (Phi) is 2.17. The molecule has 0 aromatic carbocycles. The van der Waals surface area contributed by atoms with E-state index in [-0.39, 0.29) is 6.10 Å². The first kappa shape index (κ1) is 8.23. The lowest BCUT2D eigenvalue weighted by Crippen LogP contribution is -2.36. The molecule has 66 valence electrons. The first-order valence-electron chi connectivity index (χ1n) is 4.15. The van der Waals surface area contributed by atoms with Crippen LogP contribution in [0.3, 0.4) is 0 Å². The molecule has 2 unspecified atom stereocenters. The maximum Gasteiger partial charge on any atom is 0.107 e. The highest BCUT2D eigenvalue weighted by Gasteiger charge is 2.26. The molecule has 1 aromatic rings. The molecule has 3 heteroatoms. The van der Waals surface area contributed by atoms with Crippen LogP contribution in [0.5, 0.6) is 0 Å². The number of methoxy groups -OCH3 is 1. The lowest BCUT2D eigenvalue weighted by molar-refractivity contribution is 0.0687. The molecule has 2 nitrogen and oxygen atoms in total. The van der Waals surface area contributed by atoms with Gasteiger partial charge in [-0.1, -0.05) is 0 Å². The van der Waals surface area contributed by atoms with Crippen molar-refractivity contribution >= 4 is 11.3 Å². The zero-order valence-corrected chi connectivity index (χ0v) is 8.15. The van der Waals surface area contributed by atoms with Gasteiger partial charge in [-0.2, -0.15) is 0 Å². The average molecular weight is 183 g/mol. The van der Waals surface area contributed by atoms with Gasteiger partial charge in [0.1, 0.15) is 6.10 Å². The predicted octanol–water partition coefficient (Wildman–Crippen LogP) is 1.93. The van der Waals surface area contributed by atoms with E-state index in [1.807, 2.05) is 0 Å². The minimum absolute atomic E-state index is 0.244. The third-order valence-corrected chi connectivity index (χ3v) is 3.38. The molecule has 2 heterocycles. The number of hydrogen-bond acceptors (Lipinski definition) is 3. The summed E-state index contributed by atoms with van der Waals surface area (Å²) in [5.74, 6) is 0. The van der Waals surface area contributed by atoms with Gasteiger partial charge >= 0.3 is 0 Å². The first-order valence-corrected chi connectivity index (χ1v) is 5.03. The molecule has 1 N–H and O–H groups in total. The molecular weight excluding hydrogens is 170 g/mol. The van der Waals surface area contributed by atoms with Gasteiger partial charge in [-0.25, -0.2) is 0 Å². The van der Waals surface area contributed by atoms with Gasteiger partial charge in [-0.05, 0) is 23.9 Å². The van der Waals surface area contributed by atoms with E-state index in [1.165, 1.54) is 10.4 Å². The van der Waals surface area contributed by atoms with Crippen LogP contribution in [0.4, 0.5) is 0 Å². The Labute approximate surface area is 76.6 Å². The highest BCUT2D eigenvalue weighted by molar-refractivity contribution is 7.10. The Morgan fingerprint density at radius 1 is 1.67 bits per heavy atom. The molecular formula is C9H13NOS. The smallest absolute Gasteiger partial charge is 0.107 e. The van der Waals surface area contributed by atoms with Crippen LogP contribution in [0.1, 0.15) is 23.5 Å². The predicted molar refractivity (Wildman–Crippen MR) is 50.4 cm³/mol. The van der Waals surface area contributed by atoms with E-state index in [4.69, 9.17) is 4.74 Å². The molecule has 0 radical (unpaired) electrons. The van der Waals surface area contributed by atoms with Crippen LogP contribution in [-0.4, -0.2) is 13.2 Å². The molecule has 2 atom stereocenters. The second-order valence-corrected chi connectivity index (χ2v) is 4.08. The highest BCUT2D eigenvalue weighted by Crippen LogP contribution is 2.32. The number of fused-ring (bicyclic) bond motifs is 1. The van der Waals surface area contributed by atoms with Gasteiger partial charge in [0.2, 0.25) is 0 Å². The summed E-state index contributed by atoms with van der Waals surface area (Å²) < 4.78 is 5.44. The highest BCUT2D eigenvalue weighted by atomic mass is 32.1. The summed E-state index contributed by atoms with van der Waals surface area (Å²) in [6, 6.07) is 2.60. The fourth-order valence-corrected chi connectivity index (χ4v) is 2.76. The number of hydrogen-bond donors (Lipinski definition) is 1. The summed E-state index contributed by atoms with van der Waals surface area (Å²) in [5, 5.41) is 5.54. The molecule has 0 saturated carbocycles. The van der Waals surface area contributed by atoms with Crippen LogP contribution in [0.25, 0.3) is 0 Å². The quantitative estimate of drug-likeness (QED) is 0.718. The van der Waals surface area contributed by atoms with Gasteiger partial charge < -0.3 is 10.1 Å². The molecule has 0 saturated heterocycles. The van der Waals surface area contributed by atoms with E-state index in [1.54, 1.807) is 18.4 Å². The summed E-state index contributed by atoms with van der Waals surface area (Å²) in [4.78, 5) is 1.39. The summed E-state index contributed by atoms with van der Waals surface area (Å²) in [6.45, 7) is 3.15. The van der Waals surface area contributed by atoms with E-state index in [0.29, 0.717) is 6.04 Å². The van der Waals surface area contributed by atoms with Crippen LogP contribution < -0.4 is 5.32 Å². The number of ether oxygens (including phenoxy) is 1. The van der Waals surface area contributed by atoms with Gasteiger partial charge in [-0.15, -0.1) is 11.3 Å². The van der Waals surface area contributed by atoms with Crippen molar-refractivity contribution in [2.45, 2.75) is 25.6 Å². The molecule has 2 rings (SSSR count). The first-order chi connectivity index (χ1) is 5.83. The molecule has 0 spiro atoms. The normalized spacial score (nSPS) is 28.5. The number of nitrogens with one attached hydrogen (secondary N) is 1. The fourth-order valence-electron chi connectivity index (χ4n) is 1.66. The summed E-state index contributed by atoms with van der Waals surface area (Å²) in [5.41, 5.74) is 1.39. The largest absolute Gasteiger partial charge is 0.374 e. The monoisotopic (exact) mass is 183 g/mol. The lowest BCUT2D eigenvalue weighted by atomic mass is 10.0.